The van der Waals surface area contributed by atoms with Gasteiger partial charge in [0.1, 0.15) is 6.54 Å². The second-order valence-corrected chi connectivity index (χ2v) is 9.97. The minimum absolute atomic E-state index is 0.0806. The molecule has 3 aromatic carbocycles. The molecule has 0 aliphatic carbocycles. The summed E-state index contributed by atoms with van der Waals surface area (Å²) < 4.78 is 0. The molecule has 1 aliphatic rings. The highest BCUT2D eigenvalue weighted by molar-refractivity contribution is 6.55. The Morgan fingerprint density at radius 3 is 1.72 bits per heavy atom. The van der Waals surface area contributed by atoms with Gasteiger partial charge in [0.2, 0.25) is 0 Å². The number of rotatable bonds is 5. The van der Waals surface area contributed by atoms with Gasteiger partial charge in [-0.3, -0.25) is 19.2 Å². The highest BCUT2D eigenvalue weighted by atomic mass is 35.5. The van der Waals surface area contributed by atoms with Crippen LogP contribution in [0.3, 0.4) is 0 Å². The molecule has 0 bridgehead atoms. The molecule has 1 aliphatic heterocycles. The lowest BCUT2D eigenvalue weighted by atomic mass is 10.0. The van der Waals surface area contributed by atoms with Crippen LogP contribution in [-0.4, -0.2) is 40.1 Å². The first-order valence-corrected chi connectivity index (χ1v) is 12.3. The summed E-state index contributed by atoms with van der Waals surface area (Å²) in [6, 6.07) is 10.8. The Balaban J connectivity index is 1.82. The SMILES string of the molecule is Cc1ccc(C(=O)CN(C(=O)c2ccc(Cl)cc2)N2C(=O)c3c(Cl)c(Cl)c(Cl)c(Cl)c3C2=O)cc1C. The van der Waals surface area contributed by atoms with Gasteiger partial charge in [0.25, 0.3) is 17.7 Å². The van der Waals surface area contributed by atoms with Crippen LogP contribution in [0.25, 0.3) is 0 Å². The number of aryl methyl sites for hydroxylation is 2. The van der Waals surface area contributed by atoms with Crippen molar-refractivity contribution < 1.29 is 19.2 Å². The fourth-order valence-electron chi connectivity index (χ4n) is 3.67. The Hall–Kier alpha value is -2.61. The number of carbonyl (C=O) groups excluding carboxylic acids is 4. The first-order chi connectivity index (χ1) is 16.9. The average Bonchev–Trinajstić information content (AvgIpc) is 3.11. The minimum atomic E-state index is -0.976. The van der Waals surface area contributed by atoms with E-state index >= 15 is 0 Å². The second-order valence-electron chi connectivity index (χ2n) is 8.02. The zero-order chi connectivity index (χ0) is 26.5. The van der Waals surface area contributed by atoms with Crippen LogP contribution in [0, 0.1) is 13.8 Å². The lowest BCUT2D eigenvalue weighted by molar-refractivity contribution is 0.00532. The molecule has 4 rings (SSSR count). The number of amides is 3. The van der Waals surface area contributed by atoms with Gasteiger partial charge in [-0.15, -0.1) is 0 Å². The summed E-state index contributed by atoms with van der Waals surface area (Å²) in [4.78, 5) is 53.6. The quantitative estimate of drug-likeness (QED) is 0.139. The van der Waals surface area contributed by atoms with E-state index in [1.807, 2.05) is 13.8 Å². The predicted octanol–water partition coefficient (Wildman–Crippen LogP) is 7.11. The molecule has 0 aromatic heterocycles. The van der Waals surface area contributed by atoms with Gasteiger partial charge < -0.3 is 0 Å². The minimum Gasteiger partial charge on any atom is -0.292 e. The van der Waals surface area contributed by atoms with Crippen LogP contribution in [0.15, 0.2) is 42.5 Å². The third-order valence-electron chi connectivity index (χ3n) is 5.77. The fourth-order valence-corrected chi connectivity index (χ4v) is 4.81. The molecule has 36 heavy (non-hydrogen) atoms. The fraction of sp³-hybridized carbons (Fsp3) is 0.120. The van der Waals surface area contributed by atoms with E-state index in [9.17, 15) is 19.2 Å². The summed E-state index contributed by atoms with van der Waals surface area (Å²) in [7, 11) is 0. The van der Waals surface area contributed by atoms with Crippen molar-refractivity contribution in [2.45, 2.75) is 13.8 Å². The number of hydrogen-bond donors (Lipinski definition) is 0. The summed E-state index contributed by atoms with van der Waals surface area (Å²) in [6.07, 6.45) is 0. The van der Waals surface area contributed by atoms with Gasteiger partial charge in [0.15, 0.2) is 5.78 Å². The summed E-state index contributed by atoms with van der Waals surface area (Å²) in [6.45, 7) is 3.10. The van der Waals surface area contributed by atoms with Crippen LogP contribution in [0.5, 0.6) is 0 Å². The molecule has 0 unspecified atom stereocenters. The van der Waals surface area contributed by atoms with E-state index in [1.165, 1.54) is 24.3 Å². The van der Waals surface area contributed by atoms with E-state index in [1.54, 1.807) is 18.2 Å². The number of ketones is 1. The summed E-state index contributed by atoms with van der Waals surface area (Å²) >= 11 is 30.6. The van der Waals surface area contributed by atoms with Crippen molar-refractivity contribution in [1.29, 1.82) is 0 Å². The number of halogens is 5. The molecule has 0 spiro atoms. The smallest absolute Gasteiger partial charge is 0.282 e. The summed E-state index contributed by atoms with van der Waals surface area (Å²) in [5.41, 5.74) is 1.59. The topological polar surface area (TPSA) is 74.8 Å². The van der Waals surface area contributed by atoms with E-state index in [0.717, 1.165) is 16.1 Å². The Kier molecular flexibility index (Phi) is 7.37. The molecule has 0 atom stereocenters. The standard InChI is InChI=1S/C25H15Cl5N2O4/c1-11-3-4-14(9-12(11)2)16(33)10-31(23(34)13-5-7-15(26)8-6-13)32-24(35)17-18(25(32)36)20(28)22(30)21(29)19(17)27/h3-9H,10H2,1-2H3. The molecule has 0 N–H and O–H groups in total. The number of nitrogens with zero attached hydrogens (tertiary/aromatic N) is 2. The van der Waals surface area contributed by atoms with Crippen LogP contribution in [0.2, 0.25) is 25.1 Å². The number of Topliss-reactive ketones (excluding diaryl/α,β-unsaturated/α-hetero) is 1. The van der Waals surface area contributed by atoms with Crippen LogP contribution < -0.4 is 0 Å². The van der Waals surface area contributed by atoms with Crippen molar-refractivity contribution >= 4 is 81.5 Å². The number of fused-ring (bicyclic) bond motifs is 1. The van der Waals surface area contributed by atoms with Crippen molar-refractivity contribution in [3.8, 4) is 0 Å². The van der Waals surface area contributed by atoms with Gasteiger partial charge >= 0.3 is 0 Å². The monoisotopic (exact) mass is 582 g/mol. The maximum Gasteiger partial charge on any atom is 0.282 e. The van der Waals surface area contributed by atoms with Gasteiger partial charge in [-0.25, -0.2) is 5.01 Å². The van der Waals surface area contributed by atoms with Crippen molar-refractivity contribution in [3.05, 3.63) is 101 Å². The number of hydrazine groups is 1. The first-order valence-electron chi connectivity index (χ1n) is 10.4. The Morgan fingerprint density at radius 1 is 0.722 bits per heavy atom. The van der Waals surface area contributed by atoms with Crippen molar-refractivity contribution in [3.63, 3.8) is 0 Å². The number of imide groups is 1. The van der Waals surface area contributed by atoms with Crippen molar-refractivity contribution in [1.82, 2.24) is 10.0 Å². The number of carbonyl (C=O) groups is 4. The van der Waals surface area contributed by atoms with Crippen molar-refractivity contribution in [2.24, 2.45) is 0 Å². The maximum atomic E-state index is 13.5. The predicted molar refractivity (Wildman–Crippen MR) is 140 cm³/mol. The Labute approximate surface area is 231 Å². The normalized spacial score (nSPS) is 12.7. The van der Waals surface area contributed by atoms with Gasteiger partial charge in [0.05, 0.1) is 31.2 Å². The highest BCUT2D eigenvalue weighted by Crippen LogP contribution is 2.45. The number of benzene rings is 3. The Morgan fingerprint density at radius 2 is 1.22 bits per heavy atom. The summed E-state index contributed by atoms with van der Waals surface area (Å²) in [5.74, 6) is -3.26. The third-order valence-corrected chi connectivity index (χ3v) is 7.82. The zero-order valence-corrected chi connectivity index (χ0v) is 22.4. The molecular weight excluding hydrogens is 570 g/mol. The second kappa shape index (κ2) is 10.0. The lowest BCUT2D eigenvalue weighted by Gasteiger charge is -2.29. The molecule has 184 valence electrons. The molecule has 0 saturated carbocycles. The van der Waals surface area contributed by atoms with E-state index < -0.39 is 30.0 Å². The molecule has 0 saturated heterocycles. The summed E-state index contributed by atoms with van der Waals surface area (Å²) in [5, 5.41) is 0.638. The number of hydrogen-bond acceptors (Lipinski definition) is 4. The van der Waals surface area contributed by atoms with Gasteiger partial charge in [-0.2, -0.15) is 5.01 Å². The lowest BCUT2D eigenvalue weighted by Crippen LogP contribution is -2.51. The van der Waals surface area contributed by atoms with Gasteiger partial charge in [-0.05, 0) is 55.3 Å². The van der Waals surface area contributed by atoms with Gasteiger partial charge in [-0.1, -0.05) is 70.1 Å². The molecule has 3 amide bonds. The third kappa shape index (κ3) is 4.49. The molecule has 0 fully saturated rings. The van der Waals surface area contributed by atoms with E-state index in [-0.39, 0.29) is 36.8 Å². The first kappa shape index (κ1) is 26.5. The van der Waals surface area contributed by atoms with E-state index in [2.05, 4.69) is 0 Å². The largest absolute Gasteiger partial charge is 0.292 e. The molecule has 6 nitrogen and oxygen atoms in total. The average molecular weight is 585 g/mol. The molecule has 11 heteroatoms. The van der Waals surface area contributed by atoms with Crippen LogP contribution >= 0.6 is 58.0 Å². The molecular formula is C25H15Cl5N2O4. The molecule has 0 radical (unpaired) electrons. The van der Waals surface area contributed by atoms with E-state index in [0.29, 0.717) is 15.6 Å². The highest BCUT2D eigenvalue weighted by Gasteiger charge is 2.46. The van der Waals surface area contributed by atoms with Crippen LogP contribution in [-0.2, 0) is 0 Å². The molecule has 3 aromatic rings. The van der Waals surface area contributed by atoms with Gasteiger partial charge in [0, 0.05) is 16.1 Å². The Bertz CT molecular complexity index is 1420. The van der Waals surface area contributed by atoms with Crippen molar-refractivity contribution in [2.75, 3.05) is 6.54 Å². The van der Waals surface area contributed by atoms with E-state index in [4.69, 9.17) is 58.0 Å². The molecule has 1 heterocycles. The van der Waals surface area contributed by atoms with Crippen LogP contribution in [0.1, 0.15) is 52.6 Å². The van der Waals surface area contributed by atoms with Crippen LogP contribution in [0.4, 0.5) is 0 Å². The maximum absolute atomic E-state index is 13.5. The zero-order valence-electron chi connectivity index (χ0n) is 18.7.